The van der Waals surface area contributed by atoms with Gasteiger partial charge in [0.15, 0.2) is 12.2 Å². The van der Waals surface area contributed by atoms with E-state index in [-0.39, 0.29) is 13.2 Å². The molecule has 0 aromatic carbocycles. The highest BCUT2D eigenvalue weighted by atomic mass is 16.6. The third-order valence-corrected chi connectivity index (χ3v) is 2.16. The van der Waals surface area contributed by atoms with Gasteiger partial charge in [0.1, 0.15) is 6.10 Å². The predicted octanol–water partition coefficient (Wildman–Crippen LogP) is -0.105. The van der Waals surface area contributed by atoms with Gasteiger partial charge in [-0.2, -0.15) is 0 Å². The van der Waals surface area contributed by atoms with Crippen molar-refractivity contribution in [2.45, 2.75) is 32.2 Å². The number of carbonyl (C=O) groups excluding carboxylic acids is 2. The molecule has 0 radical (unpaired) electrons. The summed E-state index contributed by atoms with van der Waals surface area (Å²) in [7, 11) is 1.52. The third kappa shape index (κ3) is 3.46. The molecule has 1 aliphatic heterocycles. The maximum absolute atomic E-state index is 10.9. The van der Waals surface area contributed by atoms with E-state index in [1.807, 2.05) is 0 Å². The highest BCUT2D eigenvalue weighted by Gasteiger charge is 2.41. The molecule has 0 bridgehead atoms. The molecule has 0 unspecified atom stereocenters. The number of ether oxygens (including phenoxy) is 4. The molecule has 0 spiro atoms. The molecule has 6 nitrogen and oxygen atoms in total. The summed E-state index contributed by atoms with van der Waals surface area (Å²) in [5, 5.41) is 0. The number of esters is 2. The molecule has 0 aromatic rings. The van der Waals surface area contributed by atoms with Crippen LogP contribution in [0.25, 0.3) is 0 Å². The minimum absolute atomic E-state index is 0.214. The summed E-state index contributed by atoms with van der Waals surface area (Å²) in [5.41, 5.74) is 0. The van der Waals surface area contributed by atoms with Gasteiger partial charge in [-0.1, -0.05) is 0 Å². The number of rotatable bonds is 4. The van der Waals surface area contributed by atoms with Gasteiger partial charge in [0.2, 0.25) is 0 Å². The fourth-order valence-electron chi connectivity index (χ4n) is 1.61. The van der Waals surface area contributed by atoms with Crippen LogP contribution in [0.4, 0.5) is 0 Å². The van der Waals surface area contributed by atoms with Gasteiger partial charge in [-0.25, -0.2) is 0 Å². The summed E-state index contributed by atoms with van der Waals surface area (Å²) < 4.78 is 20.3. The van der Waals surface area contributed by atoms with Crippen LogP contribution >= 0.6 is 0 Å². The van der Waals surface area contributed by atoms with Gasteiger partial charge in [-0.15, -0.1) is 0 Å². The highest BCUT2D eigenvalue weighted by molar-refractivity contribution is 5.67. The number of carbonyl (C=O) groups is 2. The van der Waals surface area contributed by atoms with Gasteiger partial charge in [0.05, 0.1) is 13.2 Å². The van der Waals surface area contributed by atoms with E-state index in [1.165, 1.54) is 21.0 Å². The lowest BCUT2D eigenvalue weighted by atomic mass is 10.1. The first-order valence-electron chi connectivity index (χ1n) is 4.99. The molecule has 1 saturated heterocycles. The summed E-state index contributed by atoms with van der Waals surface area (Å²) in [6.07, 6.45) is -1.54. The number of hydrogen-bond donors (Lipinski definition) is 0. The van der Waals surface area contributed by atoms with E-state index in [2.05, 4.69) is 0 Å². The Balaban J connectivity index is 2.62. The first-order chi connectivity index (χ1) is 7.54. The summed E-state index contributed by atoms with van der Waals surface area (Å²) in [4.78, 5) is 21.8. The molecule has 0 aromatic heterocycles. The van der Waals surface area contributed by atoms with E-state index in [4.69, 9.17) is 18.9 Å². The Bertz CT molecular complexity index is 264. The van der Waals surface area contributed by atoms with E-state index in [0.29, 0.717) is 0 Å². The molecular formula is C10H16O6. The molecule has 92 valence electrons. The monoisotopic (exact) mass is 232 g/mol. The minimum Gasteiger partial charge on any atom is -0.456 e. The summed E-state index contributed by atoms with van der Waals surface area (Å²) in [6, 6.07) is 0. The molecule has 0 aliphatic carbocycles. The SMILES string of the molecule is COC[C@H]1OC[C@@H](OC(C)=O)[C@@H]1OC(C)=O. The van der Waals surface area contributed by atoms with Crippen molar-refractivity contribution in [1.29, 1.82) is 0 Å². The topological polar surface area (TPSA) is 71.1 Å². The smallest absolute Gasteiger partial charge is 0.303 e. The maximum Gasteiger partial charge on any atom is 0.303 e. The van der Waals surface area contributed by atoms with E-state index in [0.717, 1.165) is 0 Å². The fraction of sp³-hybridized carbons (Fsp3) is 0.800. The Morgan fingerprint density at radius 3 is 2.38 bits per heavy atom. The molecule has 6 heteroatoms. The van der Waals surface area contributed by atoms with Gasteiger partial charge >= 0.3 is 11.9 Å². The van der Waals surface area contributed by atoms with Crippen molar-refractivity contribution in [3.63, 3.8) is 0 Å². The summed E-state index contributed by atoms with van der Waals surface area (Å²) >= 11 is 0. The van der Waals surface area contributed by atoms with Crippen LogP contribution in [0.15, 0.2) is 0 Å². The van der Waals surface area contributed by atoms with Crippen molar-refractivity contribution in [1.82, 2.24) is 0 Å². The lowest BCUT2D eigenvalue weighted by molar-refractivity contribution is -0.163. The Kier molecular flexibility index (Phi) is 4.70. The van der Waals surface area contributed by atoms with Crippen LogP contribution in [0.3, 0.4) is 0 Å². The Morgan fingerprint density at radius 2 is 1.88 bits per heavy atom. The van der Waals surface area contributed by atoms with Gasteiger partial charge in [0, 0.05) is 21.0 Å². The van der Waals surface area contributed by atoms with Crippen molar-refractivity contribution >= 4 is 11.9 Å². The molecule has 1 aliphatic rings. The lowest BCUT2D eigenvalue weighted by Crippen LogP contribution is -2.39. The van der Waals surface area contributed by atoms with E-state index < -0.39 is 30.3 Å². The molecular weight excluding hydrogens is 216 g/mol. The van der Waals surface area contributed by atoms with Crippen molar-refractivity contribution < 1.29 is 28.5 Å². The zero-order valence-electron chi connectivity index (χ0n) is 9.60. The van der Waals surface area contributed by atoms with Crippen LogP contribution in [0.1, 0.15) is 13.8 Å². The van der Waals surface area contributed by atoms with Crippen LogP contribution < -0.4 is 0 Å². The van der Waals surface area contributed by atoms with Crippen molar-refractivity contribution in [2.75, 3.05) is 20.3 Å². The number of methoxy groups -OCH3 is 1. The molecule has 0 saturated carbocycles. The molecule has 1 rings (SSSR count). The molecule has 1 fully saturated rings. The quantitative estimate of drug-likeness (QED) is 0.630. The standard InChI is InChI=1S/C10H16O6/c1-6(11)15-9-5-14-8(4-13-3)10(9)16-7(2)12/h8-10H,4-5H2,1-3H3/t8-,9-,10-/m1/s1. The largest absolute Gasteiger partial charge is 0.456 e. The second-order valence-corrected chi connectivity index (χ2v) is 3.55. The van der Waals surface area contributed by atoms with Crippen molar-refractivity contribution in [2.24, 2.45) is 0 Å². The van der Waals surface area contributed by atoms with Crippen LogP contribution in [-0.2, 0) is 28.5 Å². The van der Waals surface area contributed by atoms with E-state index in [1.54, 1.807) is 0 Å². The summed E-state index contributed by atoms with van der Waals surface area (Å²) in [6.45, 7) is 3.10. The fourth-order valence-corrected chi connectivity index (χ4v) is 1.61. The zero-order chi connectivity index (χ0) is 12.1. The van der Waals surface area contributed by atoms with Gasteiger partial charge in [0.25, 0.3) is 0 Å². The first kappa shape index (κ1) is 12.9. The van der Waals surface area contributed by atoms with E-state index in [9.17, 15) is 9.59 Å². The zero-order valence-corrected chi connectivity index (χ0v) is 9.60. The average Bonchev–Trinajstić information content (AvgIpc) is 2.49. The van der Waals surface area contributed by atoms with E-state index >= 15 is 0 Å². The van der Waals surface area contributed by atoms with Crippen molar-refractivity contribution in [3.8, 4) is 0 Å². The van der Waals surface area contributed by atoms with Gasteiger partial charge < -0.3 is 18.9 Å². The third-order valence-electron chi connectivity index (χ3n) is 2.16. The van der Waals surface area contributed by atoms with Crippen LogP contribution in [0.2, 0.25) is 0 Å². The average molecular weight is 232 g/mol. The molecule has 16 heavy (non-hydrogen) atoms. The first-order valence-corrected chi connectivity index (χ1v) is 4.99. The van der Waals surface area contributed by atoms with Gasteiger partial charge in [-0.3, -0.25) is 9.59 Å². The minimum atomic E-state index is -0.596. The summed E-state index contributed by atoms with van der Waals surface area (Å²) in [5.74, 6) is -0.863. The Hall–Kier alpha value is -1.14. The van der Waals surface area contributed by atoms with Gasteiger partial charge in [-0.05, 0) is 0 Å². The van der Waals surface area contributed by atoms with Crippen LogP contribution in [0, 0.1) is 0 Å². The Morgan fingerprint density at radius 1 is 1.25 bits per heavy atom. The van der Waals surface area contributed by atoms with Crippen LogP contribution in [0.5, 0.6) is 0 Å². The second kappa shape index (κ2) is 5.81. The molecule has 0 N–H and O–H groups in total. The van der Waals surface area contributed by atoms with Crippen molar-refractivity contribution in [3.05, 3.63) is 0 Å². The number of hydrogen-bond acceptors (Lipinski definition) is 6. The van der Waals surface area contributed by atoms with Crippen LogP contribution in [-0.4, -0.2) is 50.6 Å². The lowest BCUT2D eigenvalue weighted by Gasteiger charge is -2.21. The normalized spacial score (nSPS) is 28.8. The Labute approximate surface area is 93.8 Å². The predicted molar refractivity (Wildman–Crippen MR) is 52.7 cm³/mol. The second-order valence-electron chi connectivity index (χ2n) is 3.55. The maximum atomic E-state index is 10.9. The molecule has 0 amide bonds. The molecule has 1 heterocycles. The molecule has 3 atom stereocenters. The highest BCUT2D eigenvalue weighted by Crippen LogP contribution is 2.21.